The molecule has 1 heterocycles. The topological polar surface area (TPSA) is 46.9 Å². The molecule has 21 heavy (non-hydrogen) atoms. The van der Waals surface area contributed by atoms with Gasteiger partial charge < -0.3 is 5.32 Å². The van der Waals surface area contributed by atoms with E-state index in [0.29, 0.717) is 22.3 Å². The molecular weight excluding hydrogens is 344 g/mol. The van der Waals surface area contributed by atoms with Crippen molar-refractivity contribution in [3.8, 4) is 0 Å². The Labute approximate surface area is 128 Å². The van der Waals surface area contributed by atoms with Gasteiger partial charge in [-0.1, -0.05) is 13.0 Å². The van der Waals surface area contributed by atoms with E-state index in [4.69, 9.17) is 0 Å². The summed E-state index contributed by atoms with van der Waals surface area (Å²) < 4.78 is 28.1. The fourth-order valence-corrected chi connectivity index (χ4v) is 2.41. The average Bonchev–Trinajstić information content (AvgIpc) is 2.44. The molecule has 0 saturated heterocycles. The molecule has 2 rings (SSSR count). The maximum absolute atomic E-state index is 13.7. The number of nitrogens with one attached hydrogen (secondary N) is 1. The van der Waals surface area contributed by atoms with Crippen molar-refractivity contribution in [1.82, 2.24) is 9.78 Å². The standard InChI is InChI=1S/C14H14BrF2N3O/c1-8(10-4-3-9(16)5-11(10)17)6-18-12-7-19-20(2)14(21)13(12)15/h3-5,7-8,18H,6H2,1-2H3. The molecule has 7 heteroatoms. The van der Waals surface area contributed by atoms with Crippen LogP contribution in [-0.4, -0.2) is 16.3 Å². The fourth-order valence-electron chi connectivity index (χ4n) is 1.91. The van der Waals surface area contributed by atoms with Gasteiger partial charge in [0.2, 0.25) is 0 Å². The third kappa shape index (κ3) is 3.47. The molecule has 0 radical (unpaired) electrons. The Hall–Kier alpha value is -1.76. The monoisotopic (exact) mass is 357 g/mol. The van der Waals surface area contributed by atoms with Crippen LogP contribution in [0.2, 0.25) is 0 Å². The summed E-state index contributed by atoms with van der Waals surface area (Å²) in [6.07, 6.45) is 1.51. The molecule has 1 aromatic carbocycles. The highest BCUT2D eigenvalue weighted by atomic mass is 79.9. The van der Waals surface area contributed by atoms with Crippen LogP contribution in [0.3, 0.4) is 0 Å². The molecular formula is C14H14BrF2N3O. The maximum atomic E-state index is 13.7. The minimum Gasteiger partial charge on any atom is -0.382 e. The van der Waals surface area contributed by atoms with Crippen molar-refractivity contribution in [3.63, 3.8) is 0 Å². The molecule has 0 amide bonds. The van der Waals surface area contributed by atoms with E-state index in [1.54, 1.807) is 7.05 Å². The Morgan fingerprint density at radius 2 is 2.14 bits per heavy atom. The van der Waals surface area contributed by atoms with Gasteiger partial charge in [-0.3, -0.25) is 4.79 Å². The summed E-state index contributed by atoms with van der Waals surface area (Å²) in [6, 6.07) is 3.51. The molecule has 4 nitrogen and oxygen atoms in total. The molecule has 0 bridgehead atoms. The van der Waals surface area contributed by atoms with E-state index in [1.165, 1.54) is 23.0 Å². The Bertz CT molecular complexity index is 718. The first-order chi connectivity index (χ1) is 9.90. The van der Waals surface area contributed by atoms with E-state index in [2.05, 4.69) is 26.3 Å². The molecule has 1 atom stereocenters. The second-order valence-electron chi connectivity index (χ2n) is 4.75. The van der Waals surface area contributed by atoms with Crippen LogP contribution in [0.15, 0.2) is 33.7 Å². The minimum absolute atomic E-state index is 0.193. The van der Waals surface area contributed by atoms with Crippen LogP contribution in [-0.2, 0) is 7.05 Å². The zero-order valence-corrected chi connectivity index (χ0v) is 13.1. The molecule has 0 aliphatic heterocycles. The number of benzene rings is 1. The summed E-state index contributed by atoms with van der Waals surface area (Å²) in [5.74, 6) is -1.37. The zero-order valence-electron chi connectivity index (χ0n) is 11.5. The van der Waals surface area contributed by atoms with Crippen molar-refractivity contribution >= 4 is 21.6 Å². The van der Waals surface area contributed by atoms with Crippen LogP contribution in [0.25, 0.3) is 0 Å². The predicted octanol–water partition coefficient (Wildman–Crippen LogP) is 3.04. The summed E-state index contributed by atoms with van der Waals surface area (Å²) in [5, 5.41) is 6.95. The molecule has 0 saturated carbocycles. The lowest BCUT2D eigenvalue weighted by Gasteiger charge is -2.15. The lowest BCUT2D eigenvalue weighted by atomic mass is 10.0. The zero-order chi connectivity index (χ0) is 15.6. The first-order valence-electron chi connectivity index (χ1n) is 6.30. The van der Waals surface area contributed by atoms with Gasteiger partial charge in [0.15, 0.2) is 0 Å². The third-order valence-electron chi connectivity index (χ3n) is 3.17. The second-order valence-corrected chi connectivity index (χ2v) is 5.54. The van der Waals surface area contributed by atoms with E-state index in [9.17, 15) is 13.6 Å². The normalized spacial score (nSPS) is 12.2. The summed E-state index contributed by atoms with van der Waals surface area (Å²) >= 11 is 3.20. The van der Waals surface area contributed by atoms with Crippen LogP contribution < -0.4 is 10.9 Å². The Balaban J connectivity index is 2.13. The van der Waals surface area contributed by atoms with Gasteiger partial charge in [-0.2, -0.15) is 5.10 Å². The maximum Gasteiger partial charge on any atom is 0.282 e. The SMILES string of the molecule is CC(CNc1cnn(C)c(=O)c1Br)c1ccc(F)cc1F. The predicted molar refractivity (Wildman–Crippen MR) is 80.4 cm³/mol. The van der Waals surface area contributed by atoms with E-state index in [0.717, 1.165) is 6.07 Å². The van der Waals surface area contributed by atoms with Crippen LogP contribution in [0.4, 0.5) is 14.5 Å². The van der Waals surface area contributed by atoms with Crippen molar-refractivity contribution < 1.29 is 8.78 Å². The van der Waals surface area contributed by atoms with Gasteiger partial charge in [0, 0.05) is 25.6 Å². The van der Waals surface area contributed by atoms with Gasteiger partial charge in [0.1, 0.15) is 16.1 Å². The highest BCUT2D eigenvalue weighted by molar-refractivity contribution is 9.10. The molecule has 1 aromatic heterocycles. The quantitative estimate of drug-likeness (QED) is 0.914. The molecule has 1 N–H and O–H groups in total. The largest absolute Gasteiger partial charge is 0.382 e. The summed E-state index contributed by atoms with van der Waals surface area (Å²) in [4.78, 5) is 11.7. The highest BCUT2D eigenvalue weighted by Gasteiger charge is 2.13. The molecule has 0 spiro atoms. The molecule has 0 aliphatic carbocycles. The lowest BCUT2D eigenvalue weighted by molar-refractivity contribution is 0.562. The number of aryl methyl sites for hydroxylation is 1. The average molecular weight is 358 g/mol. The van der Waals surface area contributed by atoms with Gasteiger partial charge >= 0.3 is 0 Å². The van der Waals surface area contributed by atoms with Gasteiger partial charge in [-0.15, -0.1) is 0 Å². The lowest BCUT2D eigenvalue weighted by Crippen LogP contribution is -2.22. The van der Waals surface area contributed by atoms with Gasteiger partial charge in [-0.25, -0.2) is 13.5 Å². The van der Waals surface area contributed by atoms with Gasteiger partial charge in [-0.05, 0) is 27.6 Å². The van der Waals surface area contributed by atoms with Gasteiger partial charge in [0.05, 0.1) is 11.9 Å². The minimum atomic E-state index is -0.602. The highest BCUT2D eigenvalue weighted by Crippen LogP contribution is 2.22. The summed E-state index contributed by atoms with van der Waals surface area (Å²) in [6.45, 7) is 2.20. The van der Waals surface area contributed by atoms with Crippen LogP contribution in [0, 0.1) is 11.6 Å². The first kappa shape index (κ1) is 15.6. The van der Waals surface area contributed by atoms with E-state index >= 15 is 0 Å². The van der Waals surface area contributed by atoms with Crippen molar-refractivity contribution in [3.05, 3.63) is 56.4 Å². The second kappa shape index (κ2) is 6.34. The van der Waals surface area contributed by atoms with E-state index in [1.807, 2.05) is 6.92 Å². The summed E-state index contributed by atoms with van der Waals surface area (Å²) in [7, 11) is 1.55. The number of anilines is 1. The van der Waals surface area contributed by atoms with E-state index < -0.39 is 11.6 Å². The molecule has 0 aliphatic rings. The van der Waals surface area contributed by atoms with Crippen molar-refractivity contribution in [1.29, 1.82) is 0 Å². The molecule has 0 fully saturated rings. The Morgan fingerprint density at radius 1 is 1.43 bits per heavy atom. The molecule has 1 unspecified atom stereocenters. The van der Waals surface area contributed by atoms with Crippen molar-refractivity contribution in [2.24, 2.45) is 7.05 Å². The number of hydrogen-bond donors (Lipinski definition) is 1. The number of nitrogens with zero attached hydrogens (tertiary/aromatic N) is 2. The summed E-state index contributed by atoms with van der Waals surface area (Å²) in [5.41, 5.74) is 0.685. The number of halogens is 3. The van der Waals surface area contributed by atoms with E-state index in [-0.39, 0.29) is 11.5 Å². The van der Waals surface area contributed by atoms with Crippen LogP contribution >= 0.6 is 15.9 Å². The number of aromatic nitrogens is 2. The Kier molecular flexibility index (Phi) is 4.72. The fraction of sp³-hybridized carbons (Fsp3) is 0.286. The van der Waals surface area contributed by atoms with Crippen LogP contribution in [0.5, 0.6) is 0 Å². The van der Waals surface area contributed by atoms with Crippen LogP contribution in [0.1, 0.15) is 18.4 Å². The van der Waals surface area contributed by atoms with Gasteiger partial charge in [0.25, 0.3) is 5.56 Å². The number of hydrogen-bond acceptors (Lipinski definition) is 3. The molecule has 112 valence electrons. The third-order valence-corrected chi connectivity index (χ3v) is 3.94. The Morgan fingerprint density at radius 3 is 2.81 bits per heavy atom. The first-order valence-corrected chi connectivity index (χ1v) is 7.10. The number of rotatable bonds is 4. The van der Waals surface area contributed by atoms with Crippen molar-refractivity contribution in [2.75, 3.05) is 11.9 Å². The van der Waals surface area contributed by atoms with Crippen molar-refractivity contribution in [2.45, 2.75) is 12.8 Å². The smallest absolute Gasteiger partial charge is 0.282 e. The molecule has 2 aromatic rings.